The quantitative estimate of drug-likeness (QED) is 0.189. The summed E-state index contributed by atoms with van der Waals surface area (Å²) in [6.45, 7) is 0.0394. The zero-order valence-corrected chi connectivity index (χ0v) is 20.6. The number of nitro groups is 1. The smallest absolute Gasteiger partial charge is 0.335 e. The largest absolute Gasteiger partial charge is 0.497 e. The average molecular weight is 542 g/mol. The van der Waals surface area contributed by atoms with Crippen LogP contribution in [-0.2, 0) is 16.2 Å². The van der Waals surface area contributed by atoms with E-state index >= 15 is 0 Å². The zero-order chi connectivity index (χ0) is 26.7. The number of barbiturate groups is 1. The number of amides is 4. The Bertz CT molecular complexity index is 1410. The fourth-order valence-corrected chi connectivity index (χ4v) is 4.07. The third-order valence-electron chi connectivity index (χ3n) is 5.29. The van der Waals surface area contributed by atoms with Gasteiger partial charge in [0.1, 0.15) is 17.9 Å². The van der Waals surface area contributed by atoms with E-state index < -0.39 is 22.8 Å². The van der Waals surface area contributed by atoms with Gasteiger partial charge >= 0.3 is 6.03 Å². The molecular weight excluding hydrogens is 525 g/mol. The van der Waals surface area contributed by atoms with Gasteiger partial charge < -0.3 is 9.47 Å². The fourth-order valence-electron chi connectivity index (χ4n) is 3.46. The van der Waals surface area contributed by atoms with Gasteiger partial charge in [0, 0.05) is 12.1 Å². The Morgan fingerprint density at radius 3 is 2.19 bits per heavy atom. The second kappa shape index (κ2) is 10.7. The number of carbonyl (C=O) groups excluding carboxylic acids is 3. The summed E-state index contributed by atoms with van der Waals surface area (Å²) in [7, 11) is 1.48. The first-order valence-corrected chi connectivity index (χ1v) is 11.3. The maximum absolute atomic E-state index is 13.1. The summed E-state index contributed by atoms with van der Waals surface area (Å²) >= 11 is 12.7. The van der Waals surface area contributed by atoms with Crippen LogP contribution in [0.5, 0.6) is 11.5 Å². The molecule has 1 aliphatic rings. The molecule has 0 spiro atoms. The van der Waals surface area contributed by atoms with E-state index in [-0.39, 0.29) is 39.3 Å². The van der Waals surface area contributed by atoms with Crippen molar-refractivity contribution < 1.29 is 28.8 Å². The second-order valence-corrected chi connectivity index (χ2v) is 8.50. The van der Waals surface area contributed by atoms with E-state index in [1.54, 1.807) is 24.3 Å². The number of benzene rings is 3. The first kappa shape index (κ1) is 25.7. The number of ether oxygens (including phenoxy) is 2. The Labute approximate surface area is 220 Å². The van der Waals surface area contributed by atoms with E-state index in [0.29, 0.717) is 16.9 Å². The van der Waals surface area contributed by atoms with E-state index in [4.69, 9.17) is 32.7 Å². The van der Waals surface area contributed by atoms with Crippen molar-refractivity contribution in [3.05, 3.63) is 97.5 Å². The second-order valence-electron chi connectivity index (χ2n) is 7.68. The summed E-state index contributed by atoms with van der Waals surface area (Å²) < 4.78 is 10.8. The number of halogens is 2. The fraction of sp³-hybridized carbons (Fsp3) is 0.0800. The molecule has 37 heavy (non-hydrogen) atoms. The van der Waals surface area contributed by atoms with E-state index in [1.807, 2.05) is 0 Å². The standard InChI is InChI=1S/C25H17Cl2N3O7/c1-36-18-8-6-16(7-9-18)29-24(32)19(23(31)28-25(29)33)10-15-11-20(26)22(21(27)12-15)37-13-14-2-4-17(5-3-14)30(34)35/h2-12H,13H2,1H3,(H,28,31,33)/b19-10+. The summed E-state index contributed by atoms with van der Waals surface area (Å²) in [5.41, 5.74) is 0.859. The minimum Gasteiger partial charge on any atom is -0.497 e. The maximum Gasteiger partial charge on any atom is 0.335 e. The third-order valence-corrected chi connectivity index (χ3v) is 5.86. The molecule has 4 amide bonds. The number of carbonyl (C=O) groups is 3. The van der Waals surface area contributed by atoms with Crippen LogP contribution in [0.3, 0.4) is 0 Å². The summed E-state index contributed by atoms with van der Waals surface area (Å²) in [4.78, 5) is 49.0. The number of non-ortho nitro benzene ring substituents is 1. The van der Waals surface area contributed by atoms with Crippen LogP contribution in [0.2, 0.25) is 10.0 Å². The van der Waals surface area contributed by atoms with Crippen molar-refractivity contribution in [1.29, 1.82) is 0 Å². The summed E-state index contributed by atoms with van der Waals surface area (Å²) in [6, 6.07) is 14.0. The molecule has 4 rings (SSSR count). The molecule has 0 aliphatic carbocycles. The molecular formula is C25H17Cl2N3O7. The maximum atomic E-state index is 13.1. The van der Waals surface area contributed by atoms with Crippen molar-refractivity contribution in [3.63, 3.8) is 0 Å². The lowest BCUT2D eigenvalue weighted by molar-refractivity contribution is -0.384. The summed E-state index contributed by atoms with van der Waals surface area (Å²) in [6.07, 6.45) is 1.26. The highest BCUT2D eigenvalue weighted by atomic mass is 35.5. The molecule has 3 aromatic rings. The van der Waals surface area contributed by atoms with Gasteiger partial charge in [-0.05, 0) is 65.7 Å². The van der Waals surface area contributed by atoms with Crippen molar-refractivity contribution in [2.24, 2.45) is 0 Å². The third kappa shape index (κ3) is 5.55. The number of hydrogen-bond acceptors (Lipinski definition) is 7. The van der Waals surface area contributed by atoms with Crippen molar-refractivity contribution in [2.45, 2.75) is 6.61 Å². The van der Waals surface area contributed by atoms with E-state index in [9.17, 15) is 24.5 Å². The molecule has 0 aromatic heterocycles. The average Bonchev–Trinajstić information content (AvgIpc) is 2.86. The lowest BCUT2D eigenvalue weighted by Gasteiger charge is -2.26. The topological polar surface area (TPSA) is 128 Å². The molecule has 0 atom stereocenters. The lowest BCUT2D eigenvalue weighted by Crippen LogP contribution is -2.54. The minimum absolute atomic E-state index is 0.0394. The Hall–Kier alpha value is -4.41. The van der Waals surface area contributed by atoms with Crippen LogP contribution in [0, 0.1) is 10.1 Å². The van der Waals surface area contributed by atoms with Gasteiger partial charge in [0.05, 0.1) is 27.8 Å². The zero-order valence-electron chi connectivity index (χ0n) is 19.1. The van der Waals surface area contributed by atoms with Crippen molar-refractivity contribution in [1.82, 2.24) is 5.32 Å². The predicted molar refractivity (Wildman–Crippen MR) is 136 cm³/mol. The number of anilines is 1. The van der Waals surface area contributed by atoms with Gasteiger partial charge in [0.25, 0.3) is 17.5 Å². The molecule has 1 N–H and O–H groups in total. The van der Waals surface area contributed by atoms with Gasteiger partial charge in [0.2, 0.25) is 0 Å². The minimum atomic E-state index is -0.886. The molecule has 10 nitrogen and oxygen atoms in total. The molecule has 1 heterocycles. The number of methoxy groups -OCH3 is 1. The Morgan fingerprint density at radius 1 is 1.00 bits per heavy atom. The highest BCUT2D eigenvalue weighted by Crippen LogP contribution is 2.36. The number of rotatable bonds is 7. The molecule has 12 heteroatoms. The van der Waals surface area contributed by atoms with Gasteiger partial charge in [-0.3, -0.25) is 25.0 Å². The molecule has 1 fully saturated rings. The molecule has 188 valence electrons. The van der Waals surface area contributed by atoms with Crippen molar-refractivity contribution in [3.8, 4) is 11.5 Å². The van der Waals surface area contributed by atoms with Gasteiger partial charge in [-0.2, -0.15) is 0 Å². The van der Waals surface area contributed by atoms with E-state index in [1.165, 1.54) is 49.6 Å². The number of nitro benzene ring substituents is 1. The van der Waals surface area contributed by atoms with Crippen LogP contribution in [0.1, 0.15) is 11.1 Å². The highest BCUT2D eigenvalue weighted by Gasteiger charge is 2.36. The van der Waals surface area contributed by atoms with Crippen LogP contribution >= 0.6 is 23.2 Å². The number of imide groups is 2. The Kier molecular flexibility index (Phi) is 7.42. The van der Waals surface area contributed by atoms with Crippen LogP contribution in [0.25, 0.3) is 6.08 Å². The molecule has 1 aliphatic heterocycles. The molecule has 0 unspecified atom stereocenters. The molecule has 1 saturated heterocycles. The van der Waals surface area contributed by atoms with Gasteiger partial charge in [-0.15, -0.1) is 0 Å². The summed E-state index contributed by atoms with van der Waals surface area (Å²) in [5, 5.41) is 13.1. The molecule has 3 aromatic carbocycles. The van der Waals surface area contributed by atoms with Gasteiger partial charge in [0.15, 0.2) is 5.75 Å². The number of hydrogen-bond donors (Lipinski definition) is 1. The van der Waals surface area contributed by atoms with Crippen molar-refractivity contribution >= 4 is 58.5 Å². The molecule has 0 bridgehead atoms. The normalized spacial score (nSPS) is 14.5. The van der Waals surface area contributed by atoms with E-state index in [0.717, 1.165) is 4.90 Å². The van der Waals surface area contributed by atoms with Crippen LogP contribution in [0.4, 0.5) is 16.2 Å². The molecule has 0 saturated carbocycles. The summed E-state index contributed by atoms with van der Waals surface area (Å²) in [5.74, 6) is -1.02. The molecule has 0 radical (unpaired) electrons. The highest BCUT2D eigenvalue weighted by molar-refractivity contribution is 6.40. The predicted octanol–water partition coefficient (Wildman–Crippen LogP) is 5.16. The lowest BCUT2D eigenvalue weighted by atomic mass is 10.1. The first-order chi connectivity index (χ1) is 17.7. The van der Waals surface area contributed by atoms with E-state index in [2.05, 4.69) is 5.32 Å². The SMILES string of the molecule is COc1ccc(N2C(=O)NC(=O)/C(=C\c3cc(Cl)c(OCc4ccc([N+](=O)[O-])cc4)c(Cl)c3)C2=O)cc1. The number of urea groups is 1. The van der Waals surface area contributed by atoms with Crippen LogP contribution in [0.15, 0.2) is 66.2 Å². The van der Waals surface area contributed by atoms with Gasteiger partial charge in [-0.25, -0.2) is 9.69 Å². The van der Waals surface area contributed by atoms with Gasteiger partial charge in [-0.1, -0.05) is 23.2 Å². The number of nitrogens with one attached hydrogen (secondary N) is 1. The monoisotopic (exact) mass is 541 g/mol. The first-order valence-electron chi connectivity index (χ1n) is 10.6. The Balaban J connectivity index is 1.56. The van der Waals surface area contributed by atoms with Crippen molar-refractivity contribution in [2.75, 3.05) is 12.0 Å². The van der Waals surface area contributed by atoms with Crippen LogP contribution < -0.4 is 19.7 Å². The Morgan fingerprint density at radius 2 is 1.62 bits per heavy atom. The van der Waals surface area contributed by atoms with Crippen LogP contribution in [-0.4, -0.2) is 29.9 Å². The number of nitrogens with zero attached hydrogens (tertiary/aromatic N) is 2.